The van der Waals surface area contributed by atoms with E-state index in [0.717, 1.165) is 19.5 Å². The summed E-state index contributed by atoms with van der Waals surface area (Å²) in [4.78, 5) is 2.08. The van der Waals surface area contributed by atoms with E-state index in [9.17, 15) is 4.48 Å². The topological polar surface area (TPSA) is 3.24 Å². The van der Waals surface area contributed by atoms with Gasteiger partial charge in [0.15, 0.2) is 0 Å². The number of quaternary nitrogens is 1. The molecular formula is C8H17ClFN2+. The van der Waals surface area contributed by atoms with E-state index in [1.807, 2.05) is 6.92 Å². The first-order valence-electron chi connectivity index (χ1n) is 4.54. The van der Waals surface area contributed by atoms with Crippen LogP contribution >= 0.6 is 11.6 Å². The Bertz CT molecular complexity index is 135. The quantitative estimate of drug-likeness (QED) is 0.376. The van der Waals surface area contributed by atoms with Crippen LogP contribution in [0.5, 0.6) is 0 Å². The fourth-order valence-electron chi connectivity index (χ4n) is 1.61. The molecule has 1 saturated heterocycles. The van der Waals surface area contributed by atoms with Gasteiger partial charge in [0.25, 0.3) is 0 Å². The maximum Gasteiger partial charge on any atom is 0.128 e. The summed E-state index contributed by atoms with van der Waals surface area (Å²) in [6.07, 6.45) is 0.914. The van der Waals surface area contributed by atoms with Gasteiger partial charge in [-0.3, -0.25) is 4.90 Å². The van der Waals surface area contributed by atoms with Crippen molar-refractivity contribution in [3.63, 3.8) is 0 Å². The van der Waals surface area contributed by atoms with Crippen LogP contribution in [0.15, 0.2) is 0 Å². The highest BCUT2D eigenvalue weighted by molar-refractivity contribution is 6.17. The van der Waals surface area contributed by atoms with E-state index in [-0.39, 0.29) is 4.71 Å². The molecule has 1 aliphatic rings. The monoisotopic (exact) mass is 195 g/mol. The number of rotatable bonds is 3. The molecule has 0 aliphatic carbocycles. The molecule has 12 heavy (non-hydrogen) atoms. The number of piperazine rings is 1. The van der Waals surface area contributed by atoms with Crippen molar-refractivity contribution in [1.82, 2.24) is 4.90 Å². The van der Waals surface area contributed by atoms with Gasteiger partial charge in [0.1, 0.15) is 19.6 Å². The number of halogens is 2. The van der Waals surface area contributed by atoms with Gasteiger partial charge in [-0.1, -0.05) is 6.92 Å². The van der Waals surface area contributed by atoms with E-state index in [1.54, 1.807) is 0 Å². The summed E-state index contributed by atoms with van der Waals surface area (Å²) >= 11 is 5.65. The summed E-state index contributed by atoms with van der Waals surface area (Å²) in [6.45, 7) is 5.45. The Morgan fingerprint density at radius 2 is 2.00 bits per heavy atom. The van der Waals surface area contributed by atoms with Gasteiger partial charge >= 0.3 is 0 Å². The van der Waals surface area contributed by atoms with Gasteiger partial charge in [-0.05, 0) is 10.9 Å². The third-order valence-corrected chi connectivity index (χ3v) is 2.77. The minimum Gasteiger partial charge on any atom is -0.278 e. The molecule has 0 amide bonds. The second kappa shape index (κ2) is 4.40. The van der Waals surface area contributed by atoms with Crippen LogP contribution < -0.4 is 0 Å². The van der Waals surface area contributed by atoms with Crippen molar-refractivity contribution < 1.29 is 9.19 Å². The van der Waals surface area contributed by atoms with Crippen molar-refractivity contribution >= 4 is 11.6 Å². The SMILES string of the molecule is CCC[N+]1(F)CCN(CCl)CC1. The van der Waals surface area contributed by atoms with Gasteiger partial charge in [-0.15, -0.1) is 16.3 Å². The normalized spacial score (nSPS) is 24.2. The average Bonchev–Trinajstić information content (AvgIpc) is 2.06. The van der Waals surface area contributed by atoms with Crippen molar-refractivity contribution in [2.45, 2.75) is 13.3 Å². The lowest BCUT2D eigenvalue weighted by Gasteiger charge is -2.34. The van der Waals surface area contributed by atoms with Gasteiger partial charge in [-0.2, -0.15) is 0 Å². The molecule has 0 aromatic heterocycles. The first-order valence-corrected chi connectivity index (χ1v) is 5.08. The Morgan fingerprint density at radius 1 is 1.42 bits per heavy atom. The minimum absolute atomic E-state index is 0.260. The number of nitrogens with zero attached hydrogens (tertiary/aromatic N) is 2. The Labute approximate surface area is 78.4 Å². The summed E-state index contributed by atoms with van der Waals surface area (Å²) < 4.78 is 13.5. The predicted octanol–water partition coefficient (Wildman–Crippen LogP) is 1.61. The number of hydrogen-bond acceptors (Lipinski definition) is 1. The first kappa shape index (κ1) is 10.2. The Hall–Kier alpha value is 0.140. The van der Waals surface area contributed by atoms with E-state index in [1.165, 1.54) is 0 Å². The number of hydrogen-bond donors (Lipinski definition) is 0. The maximum atomic E-state index is 13.8. The van der Waals surface area contributed by atoms with Crippen molar-refractivity contribution in [3.05, 3.63) is 0 Å². The molecule has 0 aromatic rings. The second-order valence-electron chi connectivity index (χ2n) is 3.44. The molecule has 0 bridgehead atoms. The van der Waals surface area contributed by atoms with E-state index in [4.69, 9.17) is 11.6 Å². The van der Waals surface area contributed by atoms with Crippen molar-refractivity contribution in [1.29, 1.82) is 0 Å². The van der Waals surface area contributed by atoms with Crippen LogP contribution in [0, 0.1) is 0 Å². The van der Waals surface area contributed by atoms with Crippen molar-refractivity contribution in [3.8, 4) is 0 Å². The third-order valence-electron chi connectivity index (χ3n) is 2.43. The lowest BCUT2D eigenvalue weighted by atomic mass is 10.3. The van der Waals surface area contributed by atoms with Crippen LogP contribution in [0.1, 0.15) is 13.3 Å². The molecule has 0 N–H and O–H groups in total. The largest absolute Gasteiger partial charge is 0.278 e. The van der Waals surface area contributed by atoms with Crippen molar-refractivity contribution in [2.24, 2.45) is 0 Å². The lowest BCUT2D eigenvalue weighted by Crippen LogP contribution is -2.54. The standard InChI is InChI=1S/C8H17ClFN2/c1-2-5-12(10)6-3-11(8-9)4-7-12/h2-8H2,1H3/q+1. The Balaban J connectivity index is 2.33. The molecule has 1 aliphatic heterocycles. The van der Waals surface area contributed by atoms with Gasteiger partial charge < -0.3 is 0 Å². The second-order valence-corrected chi connectivity index (χ2v) is 3.68. The molecule has 1 rings (SSSR count). The first-order chi connectivity index (χ1) is 5.70. The molecule has 72 valence electrons. The van der Waals surface area contributed by atoms with Crippen LogP contribution in [0.2, 0.25) is 0 Å². The number of alkyl halides is 1. The van der Waals surface area contributed by atoms with E-state index >= 15 is 0 Å². The van der Waals surface area contributed by atoms with E-state index in [2.05, 4.69) is 4.90 Å². The zero-order valence-electron chi connectivity index (χ0n) is 7.60. The van der Waals surface area contributed by atoms with Crippen LogP contribution in [0.4, 0.5) is 4.48 Å². The summed E-state index contributed by atoms with van der Waals surface area (Å²) in [6, 6.07) is 0.534. The zero-order chi connectivity index (χ0) is 9.03. The molecule has 0 unspecified atom stereocenters. The molecule has 4 heteroatoms. The highest BCUT2D eigenvalue weighted by atomic mass is 35.5. The molecule has 1 fully saturated rings. The van der Waals surface area contributed by atoms with Gasteiger partial charge in [0.2, 0.25) is 0 Å². The van der Waals surface area contributed by atoms with Crippen LogP contribution in [0.25, 0.3) is 0 Å². The van der Waals surface area contributed by atoms with E-state index in [0.29, 0.717) is 25.6 Å². The molecule has 0 saturated carbocycles. The molecule has 2 nitrogen and oxygen atoms in total. The van der Waals surface area contributed by atoms with Gasteiger partial charge in [0.05, 0.1) is 19.1 Å². The molecule has 0 radical (unpaired) electrons. The van der Waals surface area contributed by atoms with E-state index < -0.39 is 0 Å². The Morgan fingerprint density at radius 3 is 2.42 bits per heavy atom. The summed E-state index contributed by atoms with van der Waals surface area (Å²) in [5.41, 5.74) is 0. The Kier molecular flexibility index (Phi) is 3.75. The third kappa shape index (κ3) is 2.57. The van der Waals surface area contributed by atoms with Crippen LogP contribution in [-0.2, 0) is 0 Å². The average molecular weight is 196 g/mol. The van der Waals surface area contributed by atoms with Crippen LogP contribution in [0.3, 0.4) is 0 Å². The molecule has 1 heterocycles. The smallest absolute Gasteiger partial charge is 0.128 e. The minimum atomic E-state index is -0.260. The maximum absolute atomic E-state index is 13.8. The van der Waals surface area contributed by atoms with Gasteiger partial charge in [0, 0.05) is 0 Å². The fraction of sp³-hybridized carbons (Fsp3) is 1.00. The molecular weight excluding hydrogens is 179 g/mol. The fourth-order valence-corrected chi connectivity index (χ4v) is 1.85. The summed E-state index contributed by atoms with van der Waals surface area (Å²) in [7, 11) is 0. The van der Waals surface area contributed by atoms with Crippen LogP contribution in [-0.4, -0.2) is 48.3 Å². The van der Waals surface area contributed by atoms with Crippen molar-refractivity contribution in [2.75, 3.05) is 38.7 Å². The molecule has 0 spiro atoms. The lowest BCUT2D eigenvalue weighted by molar-refractivity contribution is -1.06. The highest BCUT2D eigenvalue weighted by Crippen LogP contribution is 2.14. The highest BCUT2D eigenvalue weighted by Gasteiger charge is 2.32. The summed E-state index contributed by atoms with van der Waals surface area (Å²) in [5, 5.41) is 0. The summed E-state index contributed by atoms with van der Waals surface area (Å²) in [5.74, 6) is 0. The van der Waals surface area contributed by atoms with Gasteiger partial charge in [-0.25, -0.2) is 0 Å². The molecule has 0 aromatic carbocycles. The zero-order valence-corrected chi connectivity index (χ0v) is 8.36. The predicted molar refractivity (Wildman–Crippen MR) is 48.6 cm³/mol. The molecule has 0 atom stereocenters.